The third kappa shape index (κ3) is 1.71. The minimum Gasteiger partial charge on any atom is -0.504 e. The summed E-state index contributed by atoms with van der Waals surface area (Å²) in [5, 5.41) is 22.6. The predicted octanol–water partition coefficient (Wildman–Crippen LogP) is 3.51. The van der Waals surface area contributed by atoms with Gasteiger partial charge in [0.2, 0.25) is 17.2 Å². The first-order chi connectivity index (χ1) is 11.6. The Morgan fingerprint density at radius 1 is 0.875 bits per heavy atom. The van der Waals surface area contributed by atoms with Crippen molar-refractivity contribution in [2.75, 3.05) is 21.3 Å². The van der Waals surface area contributed by atoms with Crippen LogP contribution in [0.4, 0.5) is 0 Å². The molecule has 1 aliphatic rings. The lowest BCUT2D eigenvalue weighted by atomic mass is 10.0. The summed E-state index contributed by atoms with van der Waals surface area (Å²) in [6, 6.07) is 1.71. The first kappa shape index (κ1) is 14.8. The summed E-state index contributed by atoms with van der Waals surface area (Å²) in [6.45, 7) is 0. The third-order valence-electron chi connectivity index (χ3n) is 4.68. The smallest absolute Gasteiger partial charge is 0.208 e. The molecule has 24 heavy (non-hydrogen) atoms. The highest BCUT2D eigenvalue weighted by atomic mass is 16.5. The van der Waals surface area contributed by atoms with Gasteiger partial charge in [0, 0.05) is 16.3 Å². The number of hydrogen-bond donors (Lipinski definition) is 2. The standard InChI is InChI=1S/C18H18O6/c1-21-14-10(19)7-8-5-4-6-9-12-11(8)15(14)24-16(12)18(23-3)17(22-2)13(9)20/h7,19-20H,4-6H2,1-3H3. The van der Waals surface area contributed by atoms with Crippen LogP contribution in [-0.2, 0) is 12.8 Å². The van der Waals surface area contributed by atoms with E-state index in [1.54, 1.807) is 6.07 Å². The zero-order valence-corrected chi connectivity index (χ0v) is 13.7. The van der Waals surface area contributed by atoms with Crippen LogP contribution in [0.25, 0.3) is 21.9 Å². The lowest BCUT2D eigenvalue weighted by Gasteiger charge is -2.13. The van der Waals surface area contributed by atoms with Crippen molar-refractivity contribution >= 4 is 21.9 Å². The number of furan rings is 1. The van der Waals surface area contributed by atoms with E-state index >= 15 is 0 Å². The van der Waals surface area contributed by atoms with E-state index in [1.807, 2.05) is 0 Å². The summed E-state index contributed by atoms with van der Waals surface area (Å²) in [4.78, 5) is 0. The summed E-state index contributed by atoms with van der Waals surface area (Å²) in [5.41, 5.74) is 2.68. The molecule has 1 aliphatic carbocycles. The van der Waals surface area contributed by atoms with Crippen molar-refractivity contribution in [2.24, 2.45) is 0 Å². The number of hydrogen-bond acceptors (Lipinski definition) is 6. The van der Waals surface area contributed by atoms with E-state index in [1.165, 1.54) is 21.3 Å². The van der Waals surface area contributed by atoms with Gasteiger partial charge in [-0.25, -0.2) is 0 Å². The maximum absolute atomic E-state index is 10.7. The van der Waals surface area contributed by atoms with Crippen LogP contribution in [0.2, 0.25) is 0 Å². The van der Waals surface area contributed by atoms with Gasteiger partial charge >= 0.3 is 0 Å². The molecule has 0 atom stereocenters. The van der Waals surface area contributed by atoms with Gasteiger partial charge in [-0.05, 0) is 30.9 Å². The van der Waals surface area contributed by atoms with Crippen molar-refractivity contribution in [3.05, 3.63) is 17.2 Å². The Balaban J connectivity index is 2.30. The summed E-state index contributed by atoms with van der Waals surface area (Å²) in [7, 11) is 4.46. The van der Waals surface area contributed by atoms with E-state index in [0.717, 1.165) is 34.7 Å². The summed E-state index contributed by atoms with van der Waals surface area (Å²) >= 11 is 0. The van der Waals surface area contributed by atoms with E-state index in [2.05, 4.69) is 0 Å². The molecule has 1 heterocycles. The third-order valence-corrected chi connectivity index (χ3v) is 4.68. The molecule has 6 heteroatoms. The van der Waals surface area contributed by atoms with Gasteiger partial charge in [-0.3, -0.25) is 0 Å². The van der Waals surface area contributed by atoms with Crippen molar-refractivity contribution in [2.45, 2.75) is 19.3 Å². The van der Waals surface area contributed by atoms with Gasteiger partial charge in [-0.15, -0.1) is 0 Å². The minimum absolute atomic E-state index is 0.0395. The minimum atomic E-state index is 0.0395. The Bertz CT molecular complexity index is 969. The zero-order chi connectivity index (χ0) is 17.0. The molecule has 3 aromatic rings. The highest BCUT2D eigenvalue weighted by Gasteiger charge is 2.30. The molecule has 0 spiro atoms. The zero-order valence-electron chi connectivity index (χ0n) is 13.7. The molecule has 6 nitrogen and oxygen atoms in total. The molecule has 0 saturated carbocycles. The van der Waals surface area contributed by atoms with E-state index in [9.17, 15) is 10.2 Å². The molecule has 0 amide bonds. The van der Waals surface area contributed by atoms with Crippen molar-refractivity contribution in [1.29, 1.82) is 0 Å². The Labute approximate surface area is 138 Å². The monoisotopic (exact) mass is 330 g/mol. The van der Waals surface area contributed by atoms with Crippen molar-refractivity contribution in [3.63, 3.8) is 0 Å². The van der Waals surface area contributed by atoms with Gasteiger partial charge in [0.25, 0.3) is 0 Å². The van der Waals surface area contributed by atoms with Crippen LogP contribution in [0.5, 0.6) is 28.7 Å². The lowest BCUT2D eigenvalue weighted by molar-refractivity contribution is 0.331. The molecule has 4 rings (SSSR count). The highest BCUT2D eigenvalue weighted by Crippen LogP contribution is 2.53. The number of phenols is 2. The molecule has 0 saturated heterocycles. The predicted molar refractivity (Wildman–Crippen MR) is 88.7 cm³/mol. The fraction of sp³-hybridized carbons (Fsp3) is 0.333. The molecule has 2 N–H and O–H groups in total. The molecule has 1 aromatic heterocycles. The van der Waals surface area contributed by atoms with Crippen LogP contribution in [0.1, 0.15) is 17.5 Å². The number of aromatic hydroxyl groups is 2. The van der Waals surface area contributed by atoms with Gasteiger partial charge < -0.3 is 28.8 Å². The molecular weight excluding hydrogens is 312 g/mol. The Hall–Kier alpha value is -2.76. The van der Waals surface area contributed by atoms with E-state index < -0.39 is 0 Å². The Morgan fingerprint density at radius 3 is 2.21 bits per heavy atom. The van der Waals surface area contributed by atoms with Crippen LogP contribution in [-0.4, -0.2) is 31.5 Å². The maximum atomic E-state index is 10.7. The van der Waals surface area contributed by atoms with Gasteiger partial charge in [-0.2, -0.15) is 0 Å². The van der Waals surface area contributed by atoms with E-state index in [-0.39, 0.29) is 23.0 Å². The number of benzene rings is 2. The van der Waals surface area contributed by atoms with Crippen LogP contribution in [0.15, 0.2) is 10.5 Å². The number of aryl methyl sites for hydroxylation is 2. The van der Waals surface area contributed by atoms with Gasteiger partial charge in [0.1, 0.15) is 0 Å². The molecule has 0 fully saturated rings. The van der Waals surface area contributed by atoms with E-state index in [4.69, 9.17) is 18.6 Å². The summed E-state index contributed by atoms with van der Waals surface area (Å²) < 4.78 is 22.1. The molecule has 126 valence electrons. The average molecular weight is 330 g/mol. The second-order valence-corrected chi connectivity index (χ2v) is 5.85. The quantitative estimate of drug-likeness (QED) is 0.765. The maximum Gasteiger partial charge on any atom is 0.208 e. The van der Waals surface area contributed by atoms with Crippen molar-refractivity contribution < 1.29 is 28.8 Å². The second kappa shape index (κ2) is 5.12. The van der Waals surface area contributed by atoms with Crippen LogP contribution >= 0.6 is 0 Å². The largest absolute Gasteiger partial charge is 0.504 e. The Morgan fingerprint density at radius 2 is 1.54 bits per heavy atom. The number of ether oxygens (including phenoxy) is 3. The summed E-state index contributed by atoms with van der Waals surface area (Å²) in [6.07, 6.45) is 2.28. The molecule has 0 bridgehead atoms. The average Bonchev–Trinajstić information content (AvgIpc) is 2.84. The normalized spacial score (nSPS) is 13.5. The molecule has 0 radical (unpaired) electrons. The summed E-state index contributed by atoms with van der Waals surface area (Å²) in [5.74, 6) is 0.977. The molecule has 0 aliphatic heterocycles. The lowest BCUT2D eigenvalue weighted by Crippen LogP contribution is -1.95. The van der Waals surface area contributed by atoms with Crippen LogP contribution in [0, 0.1) is 0 Å². The number of phenolic OH excluding ortho intramolecular Hbond substituents is 2. The first-order valence-corrected chi connectivity index (χ1v) is 7.73. The van der Waals surface area contributed by atoms with Gasteiger partial charge in [0.15, 0.2) is 22.7 Å². The highest BCUT2D eigenvalue weighted by molar-refractivity contribution is 6.14. The topological polar surface area (TPSA) is 81.3 Å². The molecular formula is C18H18O6. The van der Waals surface area contributed by atoms with E-state index in [0.29, 0.717) is 23.3 Å². The second-order valence-electron chi connectivity index (χ2n) is 5.85. The van der Waals surface area contributed by atoms with Crippen LogP contribution < -0.4 is 14.2 Å². The fourth-order valence-corrected chi connectivity index (χ4v) is 3.70. The fourth-order valence-electron chi connectivity index (χ4n) is 3.70. The van der Waals surface area contributed by atoms with Crippen LogP contribution in [0.3, 0.4) is 0 Å². The first-order valence-electron chi connectivity index (χ1n) is 7.73. The SMILES string of the molecule is COc1c(O)c2c3c(oc4c(OC)c(O)cc(c43)CCC2)c1OC. The molecule has 0 unspecified atom stereocenters. The Kier molecular flexibility index (Phi) is 3.16. The molecule has 2 aromatic carbocycles. The van der Waals surface area contributed by atoms with Crippen molar-refractivity contribution in [3.8, 4) is 28.7 Å². The van der Waals surface area contributed by atoms with Gasteiger partial charge in [0.05, 0.1) is 21.3 Å². The van der Waals surface area contributed by atoms with Crippen molar-refractivity contribution in [1.82, 2.24) is 0 Å². The number of rotatable bonds is 3. The number of methoxy groups -OCH3 is 3. The van der Waals surface area contributed by atoms with Gasteiger partial charge in [-0.1, -0.05) is 0 Å².